The third-order valence-electron chi connectivity index (χ3n) is 5.15. The Morgan fingerprint density at radius 2 is 1.60 bits per heavy atom. The summed E-state index contributed by atoms with van der Waals surface area (Å²) >= 11 is 0. The first kappa shape index (κ1) is 18.0. The van der Waals surface area contributed by atoms with E-state index in [1.165, 1.54) is 0 Å². The molecule has 116 valence electrons. The summed E-state index contributed by atoms with van der Waals surface area (Å²) in [6.07, 6.45) is 0. The van der Waals surface area contributed by atoms with E-state index in [4.69, 9.17) is 14.0 Å². The Bertz CT molecular complexity index is 350. The van der Waals surface area contributed by atoms with Crippen LogP contribution in [0, 0.1) is 5.92 Å². The molecule has 0 saturated carbocycles. The standard InChI is InChI=1S/C14H30B2O4/c1-10(2)14(9)13(7,8)19-16(20-14)15-18-12(5,6)11(3,4)17/h10,15,17H,1-9H3. The van der Waals surface area contributed by atoms with Crippen molar-refractivity contribution in [2.45, 2.75) is 84.7 Å². The van der Waals surface area contributed by atoms with Crippen LogP contribution in [0.15, 0.2) is 0 Å². The third kappa shape index (κ3) is 3.24. The highest BCUT2D eigenvalue weighted by atomic mass is 16.7. The summed E-state index contributed by atoms with van der Waals surface area (Å²) in [5.74, 6) is 0.338. The second-order valence-corrected chi connectivity index (χ2v) is 7.82. The van der Waals surface area contributed by atoms with Crippen LogP contribution in [-0.2, 0) is 14.0 Å². The molecule has 4 nitrogen and oxygen atoms in total. The minimum atomic E-state index is -0.928. The molecule has 0 aromatic heterocycles. The zero-order valence-corrected chi connectivity index (χ0v) is 14.5. The Morgan fingerprint density at radius 1 is 1.10 bits per heavy atom. The first-order valence-corrected chi connectivity index (χ1v) is 7.45. The average Bonchev–Trinajstić information content (AvgIpc) is 2.46. The maximum Gasteiger partial charge on any atom is 0.441 e. The molecule has 0 aromatic rings. The molecule has 1 unspecified atom stereocenters. The Balaban J connectivity index is 2.70. The lowest BCUT2D eigenvalue weighted by Gasteiger charge is -2.40. The predicted molar refractivity (Wildman–Crippen MR) is 83.9 cm³/mol. The molecular weight excluding hydrogens is 254 g/mol. The summed E-state index contributed by atoms with van der Waals surface area (Å²) < 4.78 is 18.0. The molecule has 0 bridgehead atoms. The van der Waals surface area contributed by atoms with Crippen molar-refractivity contribution in [3.63, 3.8) is 0 Å². The van der Waals surface area contributed by atoms with Crippen LogP contribution in [0.4, 0.5) is 0 Å². The van der Waals surface area contributed by atoms with Crippen LogP contribution in [0.2, 0.25) is 0 Å². The number of hydrogen-bond donors (Lipinski definition) is 1. The van der Waals surface area contributed by atoms with Crippen LogP contribution < -0.4 is 0 Å². The predicted octanol–water partition coefficient (Wildman–Crippen LogP) is 2.13. The number of aliphatic hydroxyl groups is 1. The minimum absolute atomic E-state index is 0.308. The summed E-state index contributed by atoms with van der Waals surface area (Å²) in [6, 6.07) is 0. The van der Waals surface area contributed by atoms with E-state index in [9.17, 15) is 5.11 Å². The molecule has 6 heteroatoms. The largest absolute Gasteiger partial charge is 0.441 e. The molecule has 20 heavy (non-hydrogen) atoms. The van der Waals surface area contributed by atoms with E-state index in [0.717, 1.165) is 0 Å². The molecule has 1 atom stereocenters. The molecule has 0 radical (unpaired) electrons. The highest BCUT2D eigenvalue weighted by Gasteiger charge is 2.56. The van der Waals surface area contributed by atoms with Crippen molar-refractivity contribution in [2.24, 2.45) is 5.92 Å². The Labute approximate surface area is 125 Å². The molecule has 1 heterocycles. The van der Waals surface area contributed by atoms with Gasteiger partial charge in [-0.05, 0) is 54.4 Å². The summed E-state index contributed by atoms with van der Waals surface area (Å²) in [4.78, 5) is 0. The fraction of sp³-hybridized carbons (Fsp3) is 1.00. The topological polar surface area (TPSA) is 47.9 Å². The number of hydrogen-bond acceptors (Lipinski definition) is 4. The van der Waals surface area contributed by atoms with Gasteiger partial charge >= 0.3 is 14.4 Å². The quantitative estimate of drug-likeness (QED) is 0.786. The summed E-state index contributed by atoms with van der Waals surface area (Å²) in [5.41, 5.74) is -2.31. The van der Waals surface area contributed by atoms with E-state index in [1.54, 1.807) is 13.8 Å². The third-order valence-corrected chi connectivity index (χ3v) is 5.15. The van der Waals surface area contributed by atoms with Crippen LogP contribution in [0.25, 0.3) is 0 Å². The van der Waals surface area contributed by atoms with Gasteiger partial charge in [-0.1, -0.05) is 13.8 Å². The zero-order valence-electron chi connectivity index (χ0n) is 14.5. The van der Waals surface area contributed by atoms with Crippen molar-refractivity contribution in [1.82, 2.24) is 0 Å². The van der Waals surface area contributed by atoms with Crippen LogP contribution in [0.1, 0.15) is 62.3 Å². The van der Waals surface area contributed by atoms with Crippen molar-refractivity contribution in [1.29, 1.82) is 0 Å². The van der Waals surface area contributed by atoms with Gasteiger partial charge in [0, 0.05) is 0 Å². The van der Waals surface area contributed by atoms with E-state index in [-0.39, 0.29) is 11.2 Å². The van der Waals surface area contributed by atoms with E-state index in [1.807, 2.05) is 27.7 Å². The summed E-state index contributed by atoms with van der Waals surface area (Å²) in [5, 5.41) is 10.1. The summed E-state index contributed by atoms with van der Waals surface area (Å²) in [6.45, 7) is 17.7. The maximum absolute atomic E-state index is 10.1. The second-order valence-electron chi connectivity index (χ2n) is 7.82. The molecule has 1 saturated heterocycles. The molecule has 0 aliphatic carbocycles. The van der Waals surface area contributed by atoms with Gasteiger partial charge in [0.25, 0.3) is 0 Å². The molecular formula is C14H30B2O4. The SMILES string of the molecule is CC(C)C1(C)OB(BOC(C)(C)C(C)(C)O)OC1(C)C. The van der Waals surface area contributed by atoms with Gasteiger partial charge in [0.2, 0.25) is 0 Å². The van der Waals surface area contributed by atoms with Gasteiger partial charge in [0.1, 0.15) is 0 Å². The van der Waals surface area contributed by atoms with Crippen molar-refractivity contribution < 1.29 is 19.1 Å². The molecule has 0 spiro atoms. The van der Waals surface area contributed by atoms with Crippen LogP contribution in [0.5, 0.6) is 0 Å². The molecule has 0 amide bonds. The van der Waals surface area contributed by atoms with E-state index >= 15 is 0 Å². The molecule has 0 aromatic carbocycles. The smallest absolute Gasteiger partial charge is 0.434 e. The van der Waals surface area contributed by atoms with Gasteiger partial charge in [0.15, 0.2) is 0 Å². The van der Waals surface area contributed by atoms with Crippen LogP contribution >= 0.6 is 0 Å². The van der Waals surface area contributed by atoms with Crippen LogP contribution in [0.3, 0.4) is 0 Å². The van der Waals surface area contributed by atoms with Gasteiger partial charge in [-0.2, -0.15) is 0 Å². The molecule has 1 N–H and O–H groups in total. The zero-order chi connectivity index (χ0) is 16.0. The Kier molecular flexibility index (Phi) is 4.78. The van der Waals surface area contributed by atoms with E-state index in [2.05, 4.69) is 20.8 Å². The van der Waals surface area contributed by atoms with E-state index < -0.39 is 18.2 Å². The van der Waals surface area contributed by atoms with Gasteiger partial charge in [0.05, 0.1) is 22.4 Å². The lowest BCUT2D eigenvalue weighted by Crippen LogP contribution is -2.50. The van der Waals surface area contributed by atoms with Gasteiger partial charge in [-0.3, -0.25) is 0 Å². The van der Waals surface area contributed by atoms with Gasteiger partial charge < -0.3 is 19.1 Å². The lowest BCUT2D eigenvalue weighted by molar-refractivity contribution is -0.0894. The van der Waals surface area contributed by atoms with Crippen molar-refractivity contribution in [3.8, 4) is 0 Å². The van der Waals surface area contributed by atoms with Crippen molar-refractivity contribution in [2.75, 3.05) is 0 Å². The number of rotatable bonds is 5. The normalized spacial score (nSPS) is 27.2. The summed E-state index contributed by atoms with van der Waals surface area (Å²) in [7, 11) is -0.0954. The lowest BCUT2D eigenvalue weighted by atomic mass is 9.55. The fourth-order valence-electron chi connectivity index (χ4n) is 2.24. The second kappa shape index (κ2) is 5.31. The highest BCUT2D eigenvalue weighted by molar-refractivity contribution is 7.03. The van der Waals surface area contributed by atoms with Crippen molar-refractivity contribution in [3.05, 3.63) is 0 Å². The Morgan fingerprint density at radius 3 is 1.95 bits per heavy atom. The minimum Gasteiger partial charge on any atom is -0.434 e. The first-order valence-electron chi connectivity index (χ1n) is 7.45. The highest BCUT2D eigenvalue weighted by Crippen LogP contribution is 2.42. The maximum atomic E-state index is 10.1. The molecule has 1 aliphatic heterocycles. The molecule has 1 fully saturated rings. The Hall–Kier alpha value is -0.0301. The van der Waals surface area contributed by atoms with E-state index in [0.29, 0.717) is 13.3 Å². The van der Waals surface area contributed by atoms with Gasteiger partial charge in [-0.25, -0.2) is 0 Å². The first-order chi connectivity index (χ1) is 8.73. The molecule has 1 rings (SSSR count). The average molecular weight is 284 g/mol. The van der Waals surface area contributed by atoms with Gasteiger partial charge in [-0.15, -0.1) is 0 Å². The van der Waals surface area contributed by atoms with Crippen LogP contribution in [-0.4, -0.2) is 41.9 Å². The molecule has 1 aliphatic rings. The van der Waals surface area contributed by atoms with Crippen molar-refractivity contribution >= 4 is 14.4 Å². The fourth-order valence-corrected chi connectivity index (χ4v) is 2.24. The monoisotopic (exact) mass is 284 g/mol.